The highest BCUT2D eigenvalue weighted by Gasteiger charge is 2.30. The van der Waals surface area contributed by atoms with Gasteiger partial charge in [-0.1, -0.05) is 6.07 Å². The first-order valence-electron chi connectivity index (χ1n) is 4.81. The Hall–Kier alpha value is -2.23. The molecule has 4 nitrogen and oxygen atoms in total. The first kappa shape index (κ1) is 13.8. The molecule has 0 spiro atoms. The lowest BCUT2D eigenvalue weighted by molar-refractivity contribution is -0.159. The zero-order valence-electron chi connectivity index (χ0n) is 9.36. The predicted octanol–water partition coefficient (Wildman–Crippen LogP) is 2.69. The maximum atomic E-state index is 11.9. The number of nitriles is 1. The highest BCUT2D eigenvalue weighted by Crippen LogP contribution is 2.18. The van der Waals surface area contributed by atoms with Crippen LogP contribution in [0.1, 0.15) is 5.56 Å². The third-order valence-corrected chi connectivity index (χ3v) is 2.00. The van der Waals surface area contributed by atoms with Crippen molar-refractivity contribution in [3.63, 3.8) is 0 Å². The third kappa shape index (κ3) is 3.97. The maximum Gasteiger partial charge on any atom is 0.422 e. The molecule has 0 aliphatic rings. The van der Waals surface area contributed by atoms with E-state index in [1.54, 1.807) is 0 Å². The molecule has 0 aromatic heterocycles. The van der Waals surface area contributed by atoms with Crippen LogP contribution in [-0.2, 0) is 4.74 Å². The average Bonchev–Trinajstić information content (AvgIpc) is 2.34. The Morgan fingerprint density at radius 2 is 2.17 bits per heavy atom. The van der Waals surface area contributed by atoms with Crippen LogP contribution in [-0.4, -0.2) is 25.9 Å². The standard InChI is InChI=1S/C11H9F3N2O2/c1-16(10(17)18-7-11(12,13)14)9-4-2-3-8(5-9)6-15/h2-5H,7H2,1H3. The van der Waals surface area contributed by atoms with Gasteiger partial charge in [-0.2, -0.15) is 18.4 Å². The quantitative estimate of drug-likeness (QED) is 0.819. The van der Waals surface area contributed by atoms with Crippen molar-refractivity contribution in [2.45, 2.75) is 6.18 Å². The largest absolute Gasteiger partial charge is 0.440 e. The molecule has 0 fully saturated rings. The van der Waals surface area contributed by atoms with E-state index in [0.29, 0.717) is 5.56 Å². The molecule has 0 heterocycles. The summed E-state index contributed by atoms with van der Waals surface area (Å²) in [6.45, 7) is -1.64. The number of carbonyl (C=O) groups excluding carboxylic acids is 1. The molecular formula is C11H9F3N2O2. The van der Waals surface area contributed by atoms with Crippen LogP contribution in [0.25, 0.3) is 0 Å². The van der Waals surface area contributed by atoms with E-state index in [1.165, 1.54) is 31.3 Å². The van der Waals surface area contributed by atoms with Gasteiger partial charge in [0.1, 0.15) is 0 Å². The molecule has 0 unspecified atom stereocenters. The van der Waals surface area contributed by atoms with Gasteiger partial charge in [-0.3, -0.25) is 4.90 Å². The monoisotopic (exact) mass is 258 g/mol. The molecule has 1 rings (SSSR count). The average molecular weight is 258 g/mol. The number of hydrogen-bond acceptors (Lipinski definition) is 3. The second-order valence-corrected chi connectivity index (χ2v) is 3.39. The van der Waals surface area contributed by atoms with Crippen molar-refractivity contribution in [1.29, 1.82) is 5.26 Å². The molecule has 0 N–H and O–H groups in total. The summed E-state index contributed by atoms with van der Waals surface area (Å²) in [5, 5.41) is 8.66. The van der Waals surface area contributed by atoms with Gasteiger partial charge in [0.25, 0.3) is 0 Å². The summed E-state index contributed by atoms with van der Waals surface area (Å²) in [4.78, 5) is 12.2. The third-order valence-electron chi connectivity index (χ3n) is 2.00. The summed E-state index contributed by atoms with van der Waals surface area (Å²) in [5.41, 5.74) is 0.573. The van der Waals surface area contributed by atoms with E-state index in [-0.39, 0.29) is 5.69 Å². The van der Waals surface area contributed by atoms with Crippen molar-refractivity contribution in [3.05, 3.63) is 29.8 Å². The number of rotatable bonds is 2. The zero-order valence-corrected chi connectivity index (χ0v) is 9.36. The zero-order chi connectivity index (χ0) is 13.8. The van der Waals surface area contributed by atoms with E-state index in [2.05, 4.69) is 4.74 Å². The number of benzene rings is 1. The molecule has 0 aliphatic carbocycles. The summed E-state index contributed by atoms with van der Waals surface area (Å²) in [7, 11) is 1.26. The van der Waals surface area contributed by atoms with E-state index in [0.717, 1.165) is 4.90 Å². The van der Waals surface area contributed by atoms with Gasteiger partial charge >= 0.3 is 12.3 Å². The van der Waals surface area contributed by atoms with Crippen LogP contribution in [0.2, 0.25) is 0 Å². The molecule has 96 valence electrons. The Morgan fingerprint density at radius 3 is 2.72 bits per heavy atom. The summed E-state index contributed by atoms with van der Waals surface area (Å²) in [5.74, 6) is 0. The van der Waals surface area contributed by atoms with Crippen LogP contribution in [0.15, 0.2) is 24.3 Å². The lowest BCUT2D eigenvalue weighted by Gasteiger charge is -2.17. The Bertz CT molecular complexity index is 480. The molecule has 7 heteroatoms. The van der Waals surface area contributed by atoms with E-state index >= 15 is 0 Å². The van der Waals surface area contributed by atoms with Crippen LogP contribution in [0.3, 0.4) is 0 Å². The highest BCUT2D eigenvalue weighted by atomic mass is 19.4. The lowest BCUT2D eigenvalue weighted by Crippen LogP contribution is -2.30. The molecule has 18 heavy (non-hydrogen) atoms. The van der Waals surface area contributed by atoms with Crippen molar-refractivity contribution in [2.75, 3.05) is 18.6 Å². The first-order chi connectivity index (χ1) is 8.33. The number of carbonyl (C=O) groups is 1. The normalized spacial score (nSPS) is 10.6. The second-order valence-electron chi connectivity index (χ2n) is 3.39. The van der Waals surface area contributed by atoms with Crippen molar-refractivity contribution in [2.24, 2.45) is 0 Å². The fraction of sp³-hybridized carbons (Fsp3) is 0.273. The number of ether oxygens (including phenoxy) is 1. The molecular weight excluding hydrogens is 249 g/mol. The van der Waals surface area contributed by atoms with E-state index in [4.69, 9.17) is 5.26 Å². The van der Waals surface area contributed by atoms with E-state index in [9.17, 15) is 18.0 Å². The summed E-state index contributed by atoms with van der Waals surface area (Å²) in [6.07, 6.45) is -5.70. The van der Waals surface area contributed by atoms with Gasteiger partial charge in [-0.15, -0.1) is 0 Å². The number of nitrogens with zero attached hydrogens (tertiary/aromatic N) is 2. The van der Waals surface area contributed by atoms with Gasteiger partial charge in [0.2, 0.25) is 0 Å². The van der Waals surface area contributed by atoms with Crippen LogP contribution < -0.4 is 4.90 Å². The minimum absolute atomic E-state index is 0.279. The van der Waals surface area contributed by atoms with Gasteiger partial charge in [0, 0.05) is 12.7 Å². The molecule has 1 aromatic carbocycles. The topological polar surface area (TPSA) is 53.3 Å². The van der Waals surface area contributed by atoms with Gasteiger partial charge < -0.3 is 4.74 Å². The molecule has 0 bridgehead atoms. The number of amides is 1. The molecule has 1 aromatic rings. The summed E-state index contributed by atoms with van der Waals surface area (Å²) < 4.78 is 39.7. The van der Waals surface area contributed by atoms with Crippen LogP contribution in [0.5, 0.6) is 0 Å². The molecule has 1 amide bonds. The minimum atomic E-state index is -4.56. The molecule has 0 radical (unpaired) electrons. The molecule has 0 atom stereocenters. The predicted molar refractivity (Wildman–Crippen MR) is 57.0 cm³/mol. The van der Waals surface area contributed by atoms with Crippen LogP contribution in [0, 0.1) is 11.3 Å². The second kappa shape index (κ2) is 5.40. The van der Waals surface area contributed by atoms with Crippen LogP contribution in [0.4, 0.5) is 23.7 Å². The minimum Gasteiger partial charge on any atom is -0.440 e. The van der Waals surface area contributed by atoms with Crippen molar-refractivity contribution in [3.8, 4) is 6.07 Å². The van der Waals surface area contributed by atoms with Gasteiger partial charge in [-0.05, 0) is 18.2 Å². The number of halogens is 3. The fourth-order valence-corrected chi connectivity index (χ4v) is 1.13. The first-order valence-corrected chi connectivity index (χ1v) is 4.81. The highest BCUT2D eigenvalue weighted by molar-refractivity contribution is 5.87. The van der Waals surface area contributed by atoms with E-state index < -0.39 is 18.9 Å². The van der Waals surface area contributed by atoms with Gasteiger partial charge in [-0.25, -0.2) is 4.79 Å². The smallest absolute Gasteiger partial charge is 0.422 e. The lowest BCUT2D eigenvalue weighted by atomic mass is 10.2. The molecule has 0 saturated carbocycles. The number of hydrogen-bond donors (Lipinski definition) is 0. The van der Waals surface area contributed by atoms with Crippen LogP contribution >= 0.6 is 0 Å². The Balaban J connectivity index is 2.72. The Kier molecular flexibility index (Phi) is 4.15. The number of anilines is 1. The van der Waals surface area contributed by atoms with Gasteiger partial charge in [0.05, 0.1) is 11.6 Å². The van der Waals surface area contributed by atoms with Crippen molar-refractivity contribution >= 4 is 11.8 Å². The Labute approximate surface area is 101 Å². The van der Waals surface area contributed by atoms with Crippen molar-refractivity contribution in [1.82, 2.24) is 0 Å². The Morgan fingerprint density at radius 1 is 1.50 bits per heavy atom. The fourth-order valence-electron chi connectivity index (χ4n) is 1.13. The summed E-state index contributed by atoms with van der Waals surface area (Å²) in [6, 6.07) is 7.74. The maximum absolute atomic E-state index is 11.9. The summed E-state index contributed by atoms with van der Waals surface area (Å²) >= 11 is 0. The van der Waals surface area contributed by atoms with Gasteiger partial charge in [0.15, 0.2) is 6.61 Å². The molecule has 0 aliphatic heterocycles. The van der Waals surface area contributed by atoms with Crippen molar-refractivity contribution < 1.29 is 22.7 Å². The number of alkyl halides is 3. The molecule has 0 saturated heterocycles. The van der Waals surface area contributed by atoms with E-state index in [1.807, 2.05) is 6.07 Å². The SMILES string of the molecule is CN(C(=O)OCC(F)(F)F)c1cccc(C#N)c1.